The van der Waals surface area contributed by atoms with Gasteiger partial charge in [-0.15, -0.1) is 10.2 Å². The first-order valence-corrected chi connectivity index (χ1v) is 11.1. The maximum Gasteiger partial charge on any atom is 0.232 e. The molecule has 4 rings (SSSR count). The van der Waals surface area contributed by atoms with Crippen molar-refractivity contribution in [3.63, 3.8) is 0 Å². The predicted octanol–water partition coefficient (Wildman–Crippen LogP) is 4.11. The number of aromatic nitrogens is 3. The number of morpholine rings is 1. The Balaban J connectivity index is 1.42. The van der Waals surface area contributed by atoms with Crippen molar-refractivity contribution in [2.24, 2.45) is 0 Å². The molecule has 0 spiro atoms. The fraction of sp³-hybridized carbons (Fsp3) is 0.364. The first-order chi connectivity index (χ1) is 14.7. The van der Waals surface area contributed by atoms with E-state index in [1.807, 2.05) is 0 Å². The smallest absolute Gasteiger partial charge is 0.232 e. The van der Waals surface area contributed by atoms with Crippen molar-refractivity contribution in [1.29, 1.82) is 0 Å². The van der Waals surface area contributed by atoms with Crippen LogP contribution in [-0.4, -0.2) is 53.4 Å². The average Bonchev–Trinajstić information content (AvgIpc) is 3.20. The summed E-state index contributed by atoms with van der Waals surface area (Å²) < 4.78 is 26.3. The van der Waals surface area contributed by atoms with Crippen molar-refractivity contribution in [1.82, 2.24) is 14.8 Å². The third-order valence-corrected chi connectivity index (χ3v) is 5.82. The summed E-state index contributed by atoms with van der Waals surface area (Å²) in [5, 5.41) is 9.82. The summed E-state index contributed by atoms with van der Waals surface area (Å²) in [7, 11) is 0. The molecule has 2 aromatic carbocycles. The summed E-state index contributed by atoms with van der Waals surface area (Å²) in [5.74, 6) is 2.12. The van der Waals surface area contributed by atoms with Gasteiger partial charge in [0, 0.05) is 18.8 Å². The van der Waals surface area contributed by atoms with Crippen LogP contribution < -0.4 is 9.64 Å². The molecule has 0 atom stereocenters. The zero-order valence-electron chi connectivity index (χ0n) is 17.0. The molecule has 1 aliphatic heterocycles. The van der Waals surface area contributed by atoms with Crippen LogP contribution in [0.25, 0.3) is 5.69 Å². The van der Waals surface area contributed by atoms with Crippen LogP contribution in [-0.2, 0) is 4.74 Å². The molecule has 158 valence electrons. The molecule has 1 fully saturated rings. The lowest BCUT2D eigenvalue weighted by Gasteiger charge is -2.28. The summed E-state index contributed by atoms with van der Waals surface area (Å²) in [6.07, 6.45) is 0.843. The number of benzene rings is 2. The van der Waals surface area contributed by atoms with E-state index < -0.39 is 0 Å². The Bertz CT molecular complexity index is 941. The van der Waals surface area contributed by atoms with Crippen molar-refractivity contribution in [2.75, 3.05) is 43.6 Å². The van der Waals surface area contributed by atoms with Gasteiger partial charge in [0.15, 0.2) is 5.16 Å². The zero-order chi connectivity index (χ0) is 20.8. The number of anilines is 1. The lowest BCUT2D eigenvalue weighted by atomic mass is 10.2. The highest BCUT2D eigenvalue weighted by molar-refractivity contribution is 7.99. The number of halogens is 1. The number of ether oxygens (including phenoxy) is 2. The third-order valence-electron chi connectivity index (χ3n) is 4.80. The quantitative estimate of drug-likeness (QED) is 0.398. The Kier molecular flexibility index (Phi) is 6.86. The van der Waals surface area contributed by atoms with Crippen LogP contribution in [0.2, 0.25) is 0 Å². The molecular weight excluding hydrogens is 403 g/mol. The predicted molar refractivity (Wildman–Crippen MR) is 116 cm³/mol. The average molecular weight is 429 g/mol. The minimum atomic E-state index is -0.260. The molecule has 3 aromatic rings. The van der Waals surface area contributed by atoms with Gasteiger partial charge in [0.05, 0.1) is 25.5 Å². The van der Waals surface area contributed by atoms with Crippen molar-refractivity contribution in [3.05, 3.63) is 59.9 Å². The number of aryl methyl sites for hydroxylation is 1. The molecule has 0 N–H and O–H groups in total. The normalized spacial score (nSPS) is 14.1. The van der Waals surface area contributed by atoms with Gasteiger partial charge in [-0.25, -0.2) is 4.39 Å². The first-order valence-electron chi connectivity index (χ1n) is 10.1. The minimum Gasteiger partial charge on any atom is -0.494 e. The molecule has 0 bridgehead atoms. The van der Waals surface area contributed by atoms with Gasteiger partial charge in [-0.2, -0.15) is 0 Å². The SMILES string of the molecule is Cc1ccc(-n2c(SCCCOc3ccc(F)cc3)nnc2N2CCOCC2)cc1. The van der Waals surface area contributed by atoms with Gasteiger partial charge in [0.2, 0.25) is 5.95 Å². The lowest BCUT2D eigenvalue weighted by molar-refractivity contribution is 0.122. The molecule has 0 aliphatic carbocycles. The summed E-state index contributed by atoms with van der Waals surface area (Å²) in [4.78, 5) is 2.22. The van der Waals surface area contributed by atoms with Gasteiger partial charge in [0.1, 0.15) is 11.6 Å². The summed E-state index contributed by atoms with van der Waals surface area (Å²) in [6, 6.07) is 14.5. The van der Waals surface area contributed by atoms with E-state index in [1.54, 1.807) is 23.9 Å². The maximum absolute atomic E-state index is 13.0. The van der Waals surface area contributed by atoms with E-state index >= 15 is 0 Å². The van der Waals surface area contributed by atoms with Gasteiger partial charge in [-0.1, -0.05) is 29.5 Å². The Hall–Kier alpha value is -2.58. The second kappa shape index (κ2) is 9.95. The van der Waals surface area contributed by atoms with E-state index in [2.05, 4.69) is 50.9 Å². The molecule has 0 radical (unpaired) electrons. The zero-order valence-corrected chi connectivity index (χ0v) is 17.8. The highest BCUT2D eigenvalue weighted by Gasteiger charge is 2.21. The van der Waals surface area contributed by atoms with Gasteiger partial charge in [-0.3, -0.25) is 4.57 Å². The van der Waals surface area contributed by atoms with Crippen LogP contribution >= 0.6 is 11.8 Å². The molecule has 1 aliphatic rings. The van der Waals surface area contributed by atoms with Crippen LogP contribution in [0.4, 0.5) is 10.3 Å². The first kappa shape index (κ1) is 20.7. The van der Waals surface area contributed by atoms with Gasteiger partial charge < -0.3 is 14.4 Å². The maximum atomic E-state index is 13.0. The van der Waals surface area contributed by atoms with E-state index in [4.69, 9.17) is 9.47 Å². The number of nitrogens with zero attached hydrogens (tertiary/aromatic N) is 4. The molecule has 0 saturated carbocycles. The highest BCUT2D eigenvalue weighted by atomic mass is 32.2. The van der Waals surface area contributed by atoms with Crippen LogP contribution in [0.5, 0.6) is 5.75 Å². The van der Waals surface area contributed by atoms with Crippen molar-refractivity contribution in [3.8, 4) is 11.4 Å². The number of thioether (sulfide) groups is 1. The van der Waals surface area contributed by atoms with Crippen LogP contribution in [0.15, 0.2) is 53.7 Å². The highest BCUT2D eigenvalue weighted by Crippen LogP contribution is 2.28. The fourth-order valence-electron chi connectivity index (χ4n) is 3.19. The van der Waals surface area contributed by atoms with Crippen molar-refractivity contribution in [2.45, 2.75) is 18.5 Å². The van der Waals surface area contributed by atoms with Crippen LogP contribution in [0.3, 0.4) is 0 Å². The lowest BCUT2D eigenvalue weighted by Crippen LogP contribution is -2.37. The van der Waals surface area contributed by atoms with E-state index in [0.717, 1.165) is 42.1 Å². The molecular formula is C22H25FN4O2S. The molecule has 0 amide bonds. The van der Waals surface area contributed by atoms with Crippen LogP contribution in [0, 0.1) is 12.7 Å². The standard InChI is InChI=1S/C22H25FN4O2S/c1-17-3-7-19(8-4-17)27-21(26-11-14-28-15-12-26)24-25-22(27)30-16-2-13-29-20-9-5-18(23)6-10-20/h3-10H,2,11-16H2,1H3. The third kappa shape index (κ3) is 5.12. The molecule has 1 aromatic heterocycles. The second-order valence-corrected chi connectivity index (χ2v) is 8.12. The van der Waals surface area contributed by atoms with Crippen LogP contribution in [0.1, 0.15) is 12.0 Å². The minimum absolute atomic E-state index is 0.260. The molecule has 30 heavy (non-hydrogen) atoms. The van der Waals surface area contributed by atoms with E-state index in [9.17, 15) is 4.39 Å². The molecule has 0 unspecified atom stereocenters. The summed E-state index contributed by atoms with van der Waals surface area (Å²) in [5.41, 5.74) is 2.27. The summed E-state index contributed by atoms with van der Waals surface area (Å²) in [6.45, 7) is 5.65. The van der Waals surface area contributed by atoms with Gasteiger partial charge >= 0.3 is 0 Å². The van der Waals surface area contributed by atoms with Crippen molar-refractivity contribution < 1.29 is 13.9 Å². The fourth-order valence-corrected chi connectivity index (χ4v) is 4.05. The Labute approximate surface area is 180 Å². The summed E-state index contributed by atoms with van der Waals surface area (Å²) >= 11 is 1.66. The number of hydrogen-bond donors (Lipinski definition) is 0. The number of hydrogen-bond acceptors (Lipinski definition) is 6. The van der Waals surface area contributed by atoms with E-state index in [1.165, 1.54) is 17.7 Å². The largest absolute Gasteiger partial charge is 0.494 e. The Morgan fingerprint density at radius 2 is 1.77 bits per heavy atom. The molecule has 1 saturated heterocycles. The van der Waals surface area contributed by atoms with E-state index in [-0.39, 0.29) is 5.82 Å². The Morgan fingerprint density at radius 3 is 2.50 bits per heavy atom. The number of rotatable bonds is 8. The van der Waals surface area contributed by atoms with Gasteiger partial charge in [-0.05, 0) is 49.7 Å². The van der Waals surface area contributed by atoms with Crippen molar-refractivity contribution >= 4 is 17.7 Å². The molecule has 8 heteroatoms. The molecule has 2 heterocycles. The van der Waals surface area contributed by atoms with E-state index in [0.29, 0.717) is 25.6 Å². The second-order valence-electron chi connectivity index (χ2n) is 7.06. The van der Waals surface area contributed by atoms with Gasteiger partial charge in [0.25, 0.3) is 0 Å². The monoisotopic (exact) mass is 428 g/mol. The Morgan fingerprint density at radius 1 is 1.03 bits per heavy atom. The topological polar surface area (TPSA) is 52.4 Å². The molecule has 6 nitrogen and oxygen atoms in total.